The maximum atomic E-state index is 12.3. The molecular weight excluding hydrogens is 439 g/mol. The summed E-state index contributed by atoms with van der Waals surface area (Å²) in [6, 6.07) is 15.4. The van der Waals surface area contributed by atoms with Crippen LogP contribution < -0.4 is 9.47 Å². The van der Waals surface area contributed by atoms with Crippen LogP contribution >= 0.6 is 46.7 Å². The van der Waals surface area contributed by atoms with Gasteiger partial charge in [-0.1, -0.05) is 35.3 Å². The van der Waals surface area contributed by atoms with Gasteiger partial charge in [0.15, 0.2) is 0 Å². The number of ether oxygens (including phenoxy) is 2. The van der Waals surface area contributed by atoms with Crippen molar-refractivity contribution in [2.75, 3.05) is 11.5 Å². The van der Waals surface area contributed by atoms with Gasteiger partial charge >= 0.3 is 5.97 Å². The molecule has 0 aliphatic carbocycles. The van der Waals surface area contributed by atoms with Crippen molar-refractivity contribution in [3.8, 4) is 17.4 Å². The topological polar surface area (TPSA) is 48.7 Å². The predicted octanol–water partition coefficient (Wildman–Crippen LogP) is 7.08. The highest BCUT2D eigenvalue weighted by Crippen LogP contribution is 2.45. The quantitative estimate of drug-likeness (QED) is 0.304. The highest BCUT2D eigenvalue weighted by atomic mass is 35.5. The molecule has 0 bridgehead atoms. The van der Waals surface area contributed by atoms with E-state index < -0.39 is 5.97 Å². The fourth-order valence-corrected chi connectivity index (χ4v) is 5.95. The van der Waals surface area contributed by atoms with Gasteiger partial charge in [0.05, 0.1) is 4.58 Å². The van der Waals surface area contributed by atoms with E-state index in [-0.39, 0.29) is 11.7 Å². The fraction of sp³-hybridized carbons (Fsp3) is 0.150. The van der Waals surface area contributed by atoms with Gasteiger partial charge < -0.3 is 13.9 Å². The second-order valence-corrected chi connectivity index (χ2v) is 9.46. The van der Waals surface area contributed by atoms with Crippen molar-refractivity contribution in [1.82, 2.24) is 0 Å². The van der Waals surface area contributed by atoms with Gasteiger partial charge in [0.1, 0.15) is 11.5 Å². The molecule has 8 heteroatoms. The molecule has 0 amide bonds. The van der Waals surface area contributed by atoms with Crippen LogP contribution in [0.1, 0.15) is 20.7 Å². The van der Waals surface area contributed by atoms with E-state index in [2.05, 4.69) is 0 Å². The van der Waals surface area contributed by atoms with Crippen molar-refractivity contribution >= 4 is 52.7 Å². The van der Waals surface area contributed by atoms with Gasteiger partial charge in [-0.15, -0.1) is 23.5 Å². The number of carbonyl (C=O) groups is 1. The zero-order chi connectivity index (χ0) is 19.5. The Balaban J connectivity index is 1.40. The van der Waals surface area contributed by atoms with Crippen LogP contribution in [0.25, 0.3) is 0 Å². The maximum absolute atomic E-state index is 12.3. The van der Waals surface area contributed by atoms with Gasteiger partial charge in [-0.05, 0) is 42.0 Å². The molecule has 2 heterocycles. The van der Waals surface area contributed by atoms with Gasteiger partial charge in [0.2, 0.25) is 5.76 Å². The van der Waals surface area contributed by atoms with Crippen LogP contribution in [-0.2, 0) is 0 Å². The normalized spacial score (nSPS) is 14.2. The van der Waals surface area contributed by atoms with Gasteiger partial charge in [-0.2, -0.15) is 0 Å². The first-order chi connectivity index (χ1) is 13.6. The van der Waals surface area contributed by atoms with Gasteiger partial charge in [-0.3, -0.25) is 0 Å². The average Bonchev–Trinajstić information content (AvgIpc) is 3.33. The lowest BCUT2D eigenvalue weighted by atomic mass is 10.2. The molecule has 0 radical (unpaired) electrons. The Morgan fingerprint density at radius 2 is 1.61 bits per heavy atom. The molecule has 0 unspecified atom stereocenters. The summed E-state index contributed by atoms with van der Waals surface area (Å²) >= 11 is 15.7. The molecule has 1 saturated heterocycles. The Kier molecular flexibility index (Phi) is 6.11. The van der Waals surface area contributed by atoms with Crippen LogP contribution in [0.3, 0.4) is 0 Å². The monoisotopic (exact) mass is 452 g/mol. The molecule has 0 saturated carbocycles. The first-order valence-electron chi connectivity index (χ1n) is 8.36. The SMILES string of the molecule is O=C(Oc1ccc(C2SCCS2)cc1)c1ccc(Oc2cc(Cl)cc(Cl)c2)o1. The third kappa shape index (κ3) is 4.81. The number of benzene rings is 2. The highest BCUT2D eigenvalue weighted by molar-refractivity contribution is 8.19. The highest BCUT2D eigenvalue weighted by Gasteiger charge is 2.19. The molecule has 0 atom stereocenters. The fourth-order valence-electron chi connectivity index (χ4n) is 2.59. The molecule has 1 aliphatic heterocycles. The Morgan fingerprint density at radius 1 is 0.929 bits per heavy atom. The Hall–Kier alpha value is -1.73. The van der Waals surface area contributed by atoms with Crippen molar-refractivity contribution in [3.63, 3.8) is 0 Å². The van der Waals surface area contributed by atoms with Crippen LogP contribution in [0.5, 0.6) is 17.4 Å². The molecule has 4 nitrogen and oxygen atoms in total. The minimum atomic E-state index is -0.601. The van der Waals surface area contributed by atoms with Crippen molar-refractivity contribution in [2.24, 2.45) is 0 Å². The van der Waals surface area contributed by atoms with E-state index in [4.69, 9.17) is 37.1 Å². The van der Waals surface area contributed by atoms with E-state index in [0.717, 1.165) is 11.5 Å². The van der Waals surface area contributed by atoms with Crippen molar-refractivity contribution in [2.45, 2.75) is 4.58 Å². The number of furan rings is 1. The van der Waals surface area contributed by atoms with E-state index in [9.17, 15) is 4.79 Å². The third-order valence-corrected chi connectivity index (χ3v) is 7.36. The Morgan fingerprint density at radius 3 is 2.29 bits per heavy atom. The Labute approximate surface area is 180 Å². The van der Waals surface area contributed by atoms with Crippen molar-refractivity contribution < 1.29 is 18.7 Å². The molecule has 0 spiro atoms. The molecule has 1 fully saturated rings. The summed E-state index contributed by atoms with van der Waals surface area (Å²) in [6.07, 6.45) is 0. The van der Waals surface area contributed by atoms with Crippen molar-refractivity contribution in [3.05, 3.63) is 76.0 Å². The first kappa shape index (κ1) is 19.6. The van der Waals surface area contributed by atoms with Gasteiger partial charge in [0.25, 0.3) is 5.95 Å². The van der Waals surface area contributed by atoms with E-state index >= 15 is 0 Å². The predicted molar refractivity (Wildman–Crippen MR) is 114 cm³/mol. The summed E-state index contributed by atoms with van der Waals surface area (Å²) in [5, 5.41) is 0.873. The zero-order valence-electron chi connectivity index (χ0n) is 14.4. The van der Waals surface area contributed by atoms with Crippen LogP contribution in [0.2, 0.25) is 10.0 Å². The number of rotatable bonds is 5. The molecule has 4 rings (SSSR count). The summed E-state index contributed by atoms with van der Waals surface area (Å²) in [7, 11) is 0. The lowest BCUT2D eigenvalue weighted by Crippen LogP contribution is -2.07. The molecular formula is C20H14Cl2O4S2. The summed E-state index contributed by atoms with van der Waals surface area (Å²) in [6.45, 7) is 0. The number of thioether (sulfide) groups is 2. The second kappa shape index (κ2) is 8.74. The van der Waals surface area contributed by atoms with E-state index in [1.807, 2.05) is 35.7 Å². The number of hydrogen-bond donors (Lipinski definition) is 0. The lowest BCUT2D eigenvalue weighted by molar-refractivity contribution is 0.0696. The standard InChI is InChI=1S/C20H14Cl2O4S2/c21-13-9-14(22)11-16(10-13)24-18-6-5-17(26-18)19(23)25-15-3-1-12(2-4-15)20-27-7-8-28-20/h1-6,9-11,20H,7-8H2. The van der Waals surface area contributed by atoms with E-state index in [1.165, 1.54) is 17.7 Å². The molecule has 0 N–H and O–H groups in total. The number of esters is 1. The van der Waals surface area contributed by atoms with Crippen LogP contribution in [0.15, 0.2) is 59.0 Å². The average molecular weight is 453 g/mol. The summed E-state index contributed by atoms with van der Waals surface area (Å²) in [4.78, 5) is 12.3. The second-order valence-electron chi connectivity index (χ2n) is 5.86. The number of hydrogen-bond acceptors (Lipinski definition) is 6. The zero-order valence-corrected chi connectivity index (χ0v) is 17.5. The molecule has 28 heavy (non-hydrogen) atoms. The summed E-state index contributed by atoms with van der Waals surface area (Å²) in [5.74, 6) is 2.76. The van der Waals surface area contributed by atoms with Crippen LogP contribution in [0.4, 0.5) is 0 Å². The Bertz CT molecular complexity index is 962. The minimum absolute atomic E-state index is 0.0362. The van der Waals surface area contributed by atoms with Gasteiger partial charge in [-0.25, -0.2) is 4.79 Å². The van der Waals surface area contributed by atoms with Crippen LogP contribution in [-0.4, -0.2) is 17.5 Å². The van der Waals surface area contributed by atoms with Crippen molar-refractivity contribution in [1.29, 1.82) is 0 Å². The smallest absolute Gasteiger partial charge is 0.379 e. The molecule has 2 aromatic carbocycles. The molecule has 144 valence electrons. The van der Waals surface area contributed by atoms with E-state index in [0.29, 0.717) is 26.1 Å². The summed E-state index contributed by atoms with van der Waals surface area (Å²) in [5.41, 5.74) is 1.22. The number of carbonyl (C=O) groups excluding carboxylic acids is 1. The summed E-state index contributed by atoms with van der Waals surface area (Å²) < 4.78 is 16.8. The largest absolute Gasteiger partial charge is 0.426 e. The maximum Gasteiger partial charge on any atom is 0.379 e. The molecule has 3 aromatic rings. The lowest BCUT2D eigenvalue weighted by Gasteiger charge is -2.09. The van der Waals surface area contributed by atoms with Crippen LogP contribution in [0, 0.1) is 0 Å². The number of halogens is 2. The molecule has 1 aliphatic rings. The minimum Gasteiger partial charge on any atom is -0.426 e. The van der Waals surface area contributed by atoms with E-state index in [1.54, 1.807) is 30.3 Å². The van der Waals surface area contributed by atoms with Gasteiger partial charge in [0, 0.05) is 27.6 Å². The third-order valence-electron chi connectivity index (χ3n) is 3.82. The molecule has 1 aromatic heterocycles. The first-order valence-corrected chi connectivity index (χ1v) is 11.2.